The number of fused-ring (bicyclic) bond motifs is 1. The maximum Gasteiger partial charge on any atom is 0.328 e. The third kappa shape index (κ3) is 5.46. The van der Waals surface area contributed by atoms with Gasteiger partial charge < -0.3 is 15.2 Å². The summed E-state index contributed by atoms with van der Waals surface area (Å²) in [6.45, 7) is 0.685. The van der Waals surface area contributed by atoms with E-state index >= 15 is 0 Å². The molecule has 33 heavy (non-hydrogen) atoms. The minimum absolute atomic E-state index is 0.265. The average Bonchev–Trinajstić information content (AvgIpc) is 2.85. The molecule has 0 radical (unpaired) electrons. The van der Waals surface area contributed by atoms with E-state index in [0.29, 0.717) is 23.5 Å². The largest absolute Gasteiger partial charge is 0.489 e. The lowest BCUT2D eigenvalue weighted by Crippen LogP contribution is -2.24. The van der Waals surface area contributed by atoms with E-state index < -0.39 is 5.97 Å². The number of carbonyl (C=O) groups excluding carboxylic acids is 1. The Hall–Kier alpha value is -4.38. The van der Waals surface area contributed by atoms with Gasteiger partial charge >= 0.3 is 5.97 Å². The Morgan fingerprint density at radius 3 is 2.39 bits per heavy atom. The molecule has 0 spiro atoms. The van der Waals surface area contributed by atoms with Crippen molar-refractivity contribution in [2.75, 3.05) is 0 Å². The first-order valence-corrected chi connectivity index (χ1v) is 10.6. The molecule has 164 valence electrons. The van der Waals surface area contributed by atoms with Crippen molar-refractivity contribution in [2.24, 2.45) is 0 Å². The molecule has 4 aromatic rings. The fourth-order valence-electron chi connectivity index (χ4n) is 3.64. The lowest BCUT2D eigenvalue weighted by molar-refractivity contribution is -0.131. The molecule has 0 bridgehead atoms. The molecule has 5 nitrogen and oxygen atoms in total. The van der Waals surface area contributed by atoms with Gasteiger partial charge in [0.1, 0.15) is 12.4 Å². The zero-order valence-electron chi connectivity index (χ0n) is 17.9. The van der Waals surface area contributed by atoms with Gasteiger partial charge in [-0.05, 0) is 40.1 Å². The van der Waals surface area contributed by atoms with Crippen LogP contribution in [0.1, 0.15) is 27.0 Å². The minimum Gasteiger partial charge on any atom is -0.489 e. The van der Waals surface area contributed by atoms with Gasteiger partial charge in [-0.25, -0.2) is 4.79 Å². The van der Waals surface area contributed by atoms with Gasteiger partial charge in [-0.3, -0.25) is 4.79 Å². The van der Waals surface area contributed by atoms with Gasteiger partial charge in [0.05, 0.1) is 0 Å². The van der Waals surface area contributed by atoms with Gasteiger partial charge in [-0.1, -0.05) is 78.9 Å². The van der Waals surface area contributed by atoms with Crippen molar-refractivity contribution >= 4 is 28.7 Å². The molecule has 2 N–H and O–H groups in total. The number of nitrogens with one attached hydrogen (secondary N) is 1. The molecule has 0 aliphatic rings. The monoisotopic (exact) mass is 437 g/mol. The highest BCUT2D eigenvalue weighted by molar-refractivity contribution is 5.99. The number of aliphatic carboxylic acids is 1. The molecule has 0 unspecified atom stereocenters. The van der Waals surface area contributed by atoms with Crippen molar-refractivity contribution in [3.8, 4) is 5.75 Å². The second-order valence-electron chi connectivity index (χ2n) is 7.48. The fourth-order valence-corrected chi connectivity index (χ4v) is 3.64. The molecule has 0 saturated carbocycles. The van der Waals surface area contributed by atoms with Crippen LogP contribution < -0.4 is 10.1 Å². The molecule has 0 saturated heterocycles. The standard InChI is InChI=1S/C28H23NO4/c30-27(31)17-15-22-11-5-7-13-24(22)28(32)29-18-25-23-12-6-4-10-21(23)14-16-26(25)33-19-20-8-2-1-3-9-20/h1-17H,18-19H2,(H,29,32)(H,30,31)/b17-15+. The predicted molar refractivity (Wildman–Crippen MR) is 129 cm³/mol. The van der Waals surface area contributed by atoms with Crippen molar-refractivity contribution in [3.63, 3.8) is 0 Å². The summed E-state index contributed by atoms with van der Waals surface area (Å²) < 4.78 is 6.13. The van der Waals surface area contributed by atoms with Gasteiger partial charge in [0.25, 0.3) is 5.91 Å². The maximum atomic E-state index is 13.0. The van der Waals surface area contributed by atoms with Gasteiger partial charge in [0.2, 0.25) is 0 Å². The van der Waals surface area contributed by atoms with Crippen molar-refractivity contribution in [3.05, 3.63) is 119 Å². The molecule has 0 aliphatic carbocycles. The van der Waals surface area contributed by atoms with Crippen LogP contribution in [-0.4, -0.2) is 17.0 Å². The van der Waals surface area contributed by atoms with Crippen molar-refractivity contribution in [1.82, 2.24) is 5.32 Å². The quantitative estimate of drug-likeness (QED) is 0.360. The van der Waals surface area contributed by atoms with E-state index in [1.807, 2.05) is 66.7 Å². The van der Waals surface area contributed by atoms with Gasteiger partial charge in [-0.15, -0.1) is 0 Å². The lowest BCUT2D eigenvalue weighted by Gasteiger charge is -2.16. The number of hydrogen-bond donors (Lipinski definition) is 2. The Morgan fingerprint density at radius 1 is 0.848 bits per heavy atom. The Bertz CT molecular complexity index is 1310. The van der Waals surface area contributed by atoms with Crippen LogP contribution in [0, 0.1) is 0 Å². The van der Waals surface area contributed by atoms with E-state index in [-0.39, 0.29) is 12.5 Å². The van der Waals surface area contributed by atoms with Gasteiger partial charge in [0.15, 0.2) is 0 Å². The second kappa shape index (κ2) is 10.3. The smallest absolute Gasteiger partial charge is 0.328 e. The highest BCUT2D eigenvalue weighted by atomic mass is 16.5. The second-order valence-corrected chi connectivity index (χ2v) is 7.48. The van der Waals surface area contributed by atoms with Gasteiger partial charge in [0, 0.05) is 23.7 Å². The first-order valence-electron chi connectivity index (χ1n) is 10.6. The summed E-state index contributed by atoms with van der Waals surface area (Å²) in [7, 11) is 0. The normalized spacial score (nSPS) is 10.9. The van der Waals surface area contributed by atoms with Crippen molar-refractivity contribution < 1.29 is 19.4 Å². The molecule has 1 amide bonds. The summed E-state index contributed by atoms with van der Waals surface area (Å²) >= 11 is 0. The summed E-state index contributed by atoms with van der Waals surface area (Å²) in [4.78, 5) is 23.9. The Balaban J connectivity index is 1.59. The first-order chi connectivity index (χ1) is 16.1. The summed E-state index contributed by atoms with van der Waals surface area (Å²) in [6.07, 6.45) is 2.44. The third-order valence-corrected chi connectivity index (χ3v) is 5.27. The van der Waals surface area contributed by atoms with Crippen LogP contribution in [0.25, 0.3) is 16.8 Å². The number of benzene rings is 4. The molecule has 4 rings (SSSR count). The number of carbonyl (C=O) groups is 2. The summed E-state index contributed by atoms with van der Waals surface area (Å²) in [5.74, 6) is -0.652. The van der Waals surface area contributed by atoms with Crippen LogP contribution in [0.3, 0.4) is 0 Å². The van der Waals surface area contributed by atoms with E-state index in [0.717, 1.165) is 28.0 Å². The lowest BCUT2D eigenvalue weighted by atomic mass is 10.0. The molecular weight excluding hydrogens is 414 g/mol. The van der Waals surface area contributed by atoms with E-state index in [1.165, 1.54) is 6.08 Å². The number of rotatable bonds is 8. The molecular formula is C28H23NO4. The number of hydrogen-bond acceptors (Lipinski definition) is 3. The van der Waals surface area contributed by atoms with Crippen LogP contribution in [-0.2, 0) is 17.9 Å². The highest BCUT2D eigenvalue weighted by Crippen LogP contribution is 2.29. The highest BCUT2D eigenvalue weighted by Gasteiger charge is 2.13. The van der Waals surface area contributed by atoms with E-state index in [4.69, 9.17) is 9.84 Å². The van der Waals surface area contributed by atoms with E-state index in [2.05, 4.69) is 5.32 Å². The maximum absolute atomic E-state index is 13.0. The first kappa shape index (κ1) is 21.8. The Morgan fingerprint density at radius 2 is 1.58 bits per heavy atom. The summed E-state index contributed by atoms with van der Waals surface area (Å²) in [5.41, 5.74) is 2.88. The number of carboxylic acids is 1. The van der Waals surface area contributed by atoms with Crippen molar-refractivity contribution in [2.45, 2.75) is 13.2 Å². The molecule has 5 heteroatoms. The zero-order valence-corrected chi connectivity index (χ0v) is 17.9. The molecule has 0 atom stereocenters. The molecule has 0 heterocycles. The Labute approximate surface area is 192 Å². The van der Waals surface area contributed by atoms with Crippen LogP contribution in [0.2, 0.25) is 0 Å². The minimum atomic E-state index is -1.07. The molecule has 0 aromatic heterocycles. The zero-order chi connectivity index (χ0) is 23.0. The summed E-state index contributed by atoms with van der Waals surface area (Å²) in [6, 6.07) is 28.7. The Kier molecular flexibility index (Phi) is 6.81. The van der Waals surface area contributed by atoms with Crippen molar-refractivity contribution in [1.29, 1.82) is 0 Å². The number of ether oxygens (including phenoxy) is 1. The van der Waals surface area contributed by atoms with E-state index in [9.17, 15) is 9.59 Å². The summed E-state index contributed by atoms with van der Waals surface area (Å²) in [5, 5.41) is 13.9. The number of carboxylic acid groups (broad SMARTS) is 1. The van der Waals surface area contributed by atoms with Crippen LogP contribution in [0.5, 0.6) is 5.75 Å². The van der Waals surface area contributed by atoms with Crippen LogP contribution in [0.4, 0.5) is 0 Å². The number of amides is 1. The van der Waals surface area contributed by atoms with Crippen LogP contribution >= 0.6 is 0 Å². The SMILES string of the molecule is O=C(O)/C=C/c1ccccc1C(=O)NCc1c(OCc2ccccc2)ccc2ccccc12. The average molecular weight is 437 g/mol. The van der Waals surface area contributed by atoms with Crippen LogP contribution in [0.15, 0.2) is 97.1 Å². The fraction of sp³-hybridized carbons (Fsp3) is 0.0714. The molecule has 0 fully saturated rings. The van der Waals surface area contributed by atoms with E-state index in [1.54, 1.807) is 24.3 Å². The molecule has 0 aliphatic heterocycles. The third-order valence-electron chi connectivity index (χ3n) is 5.27. The topological polar surface area (TPSA) is 75.6 Å². The predicted octanol–water partition coefficient (Wildman–Crippen LogP) is 5.45. The van der Waals surface area contributed by atoms with Gasteiger partial charge in [-0.2, -0.15) is 0 Å². The molecule has 4 aromatic carbocycles.